The van der Waals surface area contributed by atoms with Gasteiger partial charge in [-0.15, -0.1) is 6.58 Å². The van der Waals surface area contributed by atoms with Crippen molar-refractivity contribution in [1.29, 1.82) is 0 Å². The quantitative estimate of drug-likeness (QED) is 0.612. The highest BCUT2D eigenvalue weighted by Crippen LogP contribution is 2.14. The number of aryl methyl sites for hydroxylation is 1. The van der Waals surface area contributed by atoms with Crippen LogP contribution in [0.25, 0.3) is 11.2 Å². The molecule has 2 rings (SSSR count). The van der Waals surface area contributed by atoms with Crippen LogP contribution >= 0.6 is 0 Å². The fraction of sp³-hybridized carbons (Fsp3) is 0.364. The van der Waals surface area contributed by atoms with Crippen LogP contribution in [0, 0.1) is 0 Å². The number of hydrogen-bond acceptors (Lipinski definition) is 4. The molecule has 2 aromatic heterocycles. The zero-order valence-corrected chi connectivity index (χ0v) is 9.13. The Hall–Kier alpha value is -1.91. The van der Waals surface area contributed by atoms with Gasteiger partial charge in [-0.25, -0.2) is 15.0 Å². The van der Waals surface area contributed by atoms with Gasteiger partial charge in [-0.05, 0) is 19.3 Å². The number of anilines is 1. The Balaban J connectivity index is 2.13. The molecule has 0 aliphatic rings. The fourth-order valence-corrected chi connectivity index (χ4v) is 1.63. The first-order valence-corrected chi connectivity index (χ1v) is 5.35. The van der Waals surface area contributed by atoms with Crippen LogP contribution in [0.3, 0.4) is 0 Å². The molecule has 2 heterocycles. The molecule has 5 nitrogen and oxygen atoms in total. The summed E-state index contributed by atoms with van der Waals surface area (Å²) in [5.74, 6) is 0.440. The summed E-state index contributed by atoms with van der Waals surface area (Å²) >= 11 is 0. The molecule has 0 amide bonds. The Morgan fingerprint density at radius 3 is 3.00 bits per heavy atom. The molecular formula is C11H15N5. The van der Waals surface area contributed by atoms with Crippen LogP contribution in [0.2, 0.25) is 0 Å². The lowest BCUT2D eigenvalue weighted by molar-refractivity contribution is 0.623. The monoisotopic (exact) mass is 217 g/mol. The predicted molar refractivity (Wildman–Crippen MR) is 63.8 cm³/mol. The van der Waals surface area contributed by atoms with Gasteiger partial charge in [0.1, 0.15) is 11.8 Å². The molecule has 5 heteroatoms. The molecule has 0 aromatic carbocycles. The van der Waals surface area contributed by atoms with Crippen molar-refractivity contribution >= 4 is 17.0 Å². The van der Waals surface area contributed by atoms with Crippen molar-refractivity contribution in [2.75, 3.05) is 5.73 Å². The molecule has 0 aliphatic heterocycles. The van der Waals surface area contributed by atoms with Crippen molar-refractivity contribution in [2.45, 2.75) is 25.8 Å². The van der Waals surface area contributed by atoms with Crippen LogP contribution in [-0.4, -0.2) is 19.5 Å². The van der Waals surface area contributed by atoms with Crippen molar-refractivity contribution in [3.8, 4) is 0 Å². The van der Waals surface area contributed by atoms with E-state index in [1.54, 1.807) is 6.33 Å². The number of aromatic nitrogens is 4. The number of nitrogens with zero attached hydrogens (tertiary/aromatic N) is 4. The number of fused-ring (bicyclic) bond motifs is 1. The summed E-state index contributed by atoms with van der Waals surface area (Å²) in [7, 11) is 0. The standard InChI is InChI=1S/C11H15N5/c1-2-3-4-5-6-16-8-15-9-10(12)13-7-14-11(9)16/h2,7-8H,1,3-6H2,(H2,12,13,14). The highest BCUT2D eigenvalue weighted by Gasteiger charge is 2.06. The molecule has 2 N–H and O–H groups in total. The molecule has 0 radical (unpaired) electrons. The average molecular weight is 217 g/mol. The van der Waals surface area contributed by atoms with E-state index >= 15 is 0 Å². The molecular weight excluding hydrogens is 202 g/mol. The van der Waals surface area contributed by atoms with Gasteiger partial charge in [0.15, 0.2) is 11.5 Å². The molecule has 0 aliphatic carbocycles. The molecule has 84 valence electrons. The Bertz CT molecular complexity index is 488. The SMILES string of the molecule is C=CCCCCn1cnc2c(N)ncnc21. The van der Waals surface area contributed by atoms with Gasteiger partial charge in [0.25, 0.3) is 0 Å². The smallest absolute Gasteiger partial charge is 0.165 e. The van der Waals surface area contributed by atoms with Crippen LogP contribution in [0.1, 0.15) is 19.3 Å². The zero-order valence-electron chi connectivity index (χ0n) is 9.13. The number of imidazole rings is 1. The van der Waals surface area contributed by atoms with E-state index in [0.29, 0.717) is 11.3 Å². The highest BCUT2D eigenvalue weighted by atomic mass is 15.1. The third kappa shape index (κ3) is 2.03. The third-order valence-electron chi connectivity index (χ3n) is 2.49. The third-order valence-corrected chi connectivity index (χ3v) is 2.49. The average Bonchev–Trinajstić information content (AvgIpc) is 2.70. The molecule has 0 fully saturated rings. The van der Waals surface area contributed by atoms with E-state index < -0.39 is 0 Å². The van der Waals surface area contributed by atoms with Crippen molar-refractivity contribution in [3.05, 3.63) is 25.3 Å². The van der Waals surface area contributed by atoms with Crippen molar-refractivity contribution in [3.63, 3.8) is 0 Å². The van der Waals surface area contributed by atoms with Crippen LogP contribution < -0.4 is 5.73 Å². The maximum absolute atomic E-state index is 5.71. The van der Waals surface area contributed by atoms with Gasteiger partial charge in [-0.3, -0.25) is 0 Å². The number of nitrogens with two attached hydrogens (primary N) is 1. The maximum atomic E-state index is 5.71. The molecule has 0 bridgehead atoms. The van der Waals surface area contributed by atoms with Crippen LogP contribution in [-0.2, 0) is 6.54 Å². The van der Waals surface area contributed by atoms with Crippen LogP contribution in [0.15, 0.2) is 25.3 Å². The Labute approximate surface area is 94.0 Å². The van der Waals surface area contributed by atoms with Crippen molar-refractivity contribution < 1.29 is 0 Å². The first-order valence-electron chi connectivity index (χ1n) is 5.35. The highest BCUT2D eigenvalue weighted by molar-refractivity contribution is 5.80. The Morgan fingerprint density at radius 1 is 1.31 bits per heavy atom. The van der Waals surface area contributed by atoms with Gasteiger partial charge in [-0.1, -0.05) is 6.08 Å². The molecule has 0 atom stereocenters. The lowest BCUT2D eigenvalue weighted by Gasteiger charge is -2.02. The molecule has 2 aromatic rings. The predicted octanol–water partition coefficient (Wildman–Crippen LogP) is 1.76. The molecule has 0 spiro atoms. The lowest BCUT2D eigenvalue weighted by Crippen LogP contribution is -1.99. The van der Waals surface area contributed by atoms with Crippen molar-refractivity contribution in [2.24, 2.45) is 0 Å². The van der Waals surface area contributed by atoms with E-state index in [-0.39, 0.29) is 0 Å². The second kappa shape index (κ2) is 4.74. The van der Waals surface area contributed by atoms with E-state index in [1.807, 2.05) is 10.6 Å². The summed E-state index contributed by atoms with van der Waals surface area (Å²) in [6.07, 6.45) is 8.43. The minimum Gasteiger partial charge on any atom is -0.382 e. The van der Waals surface area contributed by atoms with Gasteiger partial charge in [-0.2, -0.15) is 0 Å². The second-order valence-corrected chi connectivity index (χ2v) is 3.65. The number of hydrogen-bond donors (Lipinski definition) is 1. The molecule has 0 saturated heterocycles. The molecule has 0 saturated carbocycles. The number of nitrogen functional groups attached to an aromatic ring is 1. The fourth-order valence-electron chi connectivity index (χ4n) is 1.63. The minimum atomic E-state index is 0.440. The van der Waals surface area contributed by atoms with Crippen LogP contribution in [0.5, 0.6) is 0 Å². The maximum Gasteiger partial charge on any atom is 0.165 e. The first kappa shape index (κ1) is 10.6. The lowest BCUT2D eigenvalue weighted by atomic mass is 10.2. The summed E-state index contributed by atoms with van der Waals surface area (Å²) in [4.78, 5) is 12.3. The zero-order chi connectivity index (χ0) is 11.4. The molecule has 0 unspecified atom stereocenters. The summed E-state index contributed by atoms with van der Waals surface area (Å²) in [5, 5.41) is 0. The van der Waals surface area contributed by atoms with E-state index in [9.17, 15) is 0 Å². The Kier molecular flexibility index (Phi) is 3.14. The van der Waals surface area contributed by atoms with E-state index in [4.69, 9.17) is 5.73 Å². The van der Waals surface area contributed by atoms with Gasteiger partial charge in [0.2, 0.25) is 0 Å². The summed E-state index contributed by atoms with van der Waals surface area (Å²) in [5.41, 5.74) is 7.20. The summed E-state index contributed by atoms with van der Waals surface area (Å²) in [6, 6.07) is 0. The van der Waals surface area contributed by atoms with E-state index in [1.165, 1.54) is 6.33 Å². The van der Waals surface area contributed by atoms with Gasteiger partial charge < -0.3 is 10.3 Å². The number of allylic oxidation sites excluding steroid dienone is 1. The van der Waals surface area contributed by atoms with Crippen molar-refractivity contribution in [1.82, 2.24) is 19.5 Å². The molecule has 16 heavy (non-hydrogen) atoms. The normalized spacial score (nSPS) is 10.8. The second-order valence-electron chi connectivity index (χ2n) is 3.65. The van der Waals surface area contributed by atoms with Gasteiger partial charge >= 0.3 is 0 Å². The van der Waals surface area contributed by atoms with E-state index in [0.717, 1.165) is 31.5 Å². The topological polar surface area (TPSA) is 69.6 Å². The summed E-state index contributed by atoms with van der Waals surface area (Å²) in [6.45, 7) is 4.60. The van der Waals surface area contributed by atoms with Gasteiger partial charge in [0, 0.05) is 6.54 Å². The van der Waals surface area contributed by atoms with E-state index in [2.05, 4.69) is 21.5 Å². The van der Waals surface area contributed by atoms with Crippen LogP contribution in [0.4, 0.5) is 5.82 Å². The number of rotatable bonds is 5. The minimum absolute atomic E-state index is 0.440. The van der Waals surface area contributed by atoms with Gasteiger partial charge in [0.05, 0.1) is 6.33 Å². The Morgan fingerprint density at radius 2 is 2.19 bits per heavy atom. The number of unbranched alkanes of at least 4 members (excludes halogenated alkanes) is 2. The summed E-state index contributed by atoms with van der Waals surface area (Å²) < 4.78 is 2.01. The largest absolute Gasteiger partial charge is 0.382 e. The first-order chi connectivity index (χ1) is 7.83.